The quantitative estimate of drug-likeness (QED) is 0.671. The number of hydrogen-bond acceptors (Lipinski definition) is 6. The highest BCUT2D eigenvalue weighted by Gasteiger charge is 2.56. The number of pyridine rings is 1. The number of carbonyl (C=O) groups is 1. The topological polar surface area (TPSA) is 115 Å². The predicted octanol–water partition coefficient (Wildman–Crippen LogP) is 2.02. The fourth-order valence-electron chi connectivity index (χ4n) is 5.17. The number of nitrogens with zero attached hydrogens (tertiary/aromatic N) is 3. The van der Waals surface area contributed by atoms with Gasteiger partial charge in [0.25, 0.3) is 5.56 Å². The van der Waals surface area contributed by atoms with Gasteiger partial charge in [-0.2, -0.15) is 0 Å². The molecule has 3 saturated carbocycles. The van der Waals surface area contributed by atoms with E-state index in [4.69, 9.17) is 5.73 Å². The largest absolute Gasteiger partial charge is 0.381 e. The van der Waals surface area contributed by atoms with E-state index >= 15 is 0 Å². The van der Waals surface area contributed by atoms with Gasteiger partial charge in [-0.1, -0.05) is 20.8 Å². The standard InChI is InChI=1S/C22H30N6O2/c1-13-16-8-15(22(16,2)3)9-17(13)26-18-10-20(30)28(27-21(18)23)12-19(29)25-11-14-4-6-24-7-5-14/h4-7,10,13,15-17,26H,8-9,11-12H2,1-3H3,(H2,23,27)(H,25,29)/t13-,15-,16+,17-/m1/s1. The average Bonchev–Trinajstić information content (AvgIpc) is 2.71. The first-order valence-corrected chi connectivity index (χ1v) is 10.6. The first-order chi connectivity index (χ1) is 14.3. The lowest BCUT2D eigenvalue weighted by Crippen LogP contribution is -2.58. The summed E-state index contributed by atoms with van der Waals surface area (Å²) in [4.78, 5) is 28.7. The fraction of sp³-hybridized carbons (Fsp3) is 0.545. The predicted molar refractivity (Wildman–Crippen MR) is 116 cm³/mol. The van der Waals surface area contributed by atoms with Crippen molar-refractivity contribution in [3.63, 3.8) is 0 Å². The molecular weight excluding hydrogens is 380 g/mol. The highest BCUT2D eigenvalue weighted by atomic mass is 16.2. The SMILES string of the molecule is C[C@H]1[C@H](Nc2cc(=O)n(CC(=O)NCc3ccncc3)nc2N)C[C@H]2C[C@@H]1C2(C)C. The van der Waals surface area contributed by atoms with Gasteiger partial charge in [-0.15, -0.1) is 5.10 Å². The van der Waals surface area contributed by atoms with Crippen molar-refractivity contribution in [2.75, 3.05) is 11.1 Å². The van der Waals surface area contributed by atoms with Gasteiger partial charge in [-0.05, 0) is 53.7 Å². The lowest BCUT2D eigenvalue weighted by Gasteiger charge is -2.62. The Hall–Kier alpha value is -2.90. The fourth-order valence-corrected chi connectivity index (χ4v) is 5.17. The number of hydrogen-bond donors (Lipinski definition) is 3. The summed E-state index contributed by atoms with van der Waals surface area (Å²) in [6, 6.07) is 5.38. The van der Waals surface area contributed by atoms with E-state index in [0.717, 1.165) is 16.7 Å². The van der Waals surface area contributed by atoms with Gasteiger partial charge in [0.1, 0.15) is 6.54 Å². The molecule has 8 nitrogen and oxygen atoms in total. The zero-order valence-electron chi connectivity index (χ0n) is 17.8. The van der Waals surface area contributed by atoms with Gasteiger partial charge >= 0.3 is 0 Å². The number of fused-ring (bicyclic) bond motifs is 2. The Morgan fingerprint density at radius 2 is 2.03 bits per heavy atom. The summed E-state index contributed by atoms with van der Waals surface area (Å²) in [6.45, 7) is 7.18. The maximum atomic E-state index is 12.5. The molecule has 2 aromatic heterocycles. The summed E-state index contributed by atoms with van der Waals surface area (Å²) < 4.78 is 1.10. The van der Waals surface area contributed by atoms with Crippen molar-refractivity contribution in [2.45, 2.75) is 52.7 Å². The monoisotopic (exact) mass is 410 g/mol. The summed E-state index contributed by atoms with van der Waals surface area (Å²) in [6.07, 6.45) is 5.69. The van der Waals surface area contributed by atoms with Crippen LogP contribution in [0.5, 0.6) is 0 Å². The Kier molecular flexibility index (Phi) is 5.26. The lowest BCUT2D eigenvalue weighted by atomic mass is 9.45. The first-order valence-electron chi connectivity index (χ1n) is 10.6. The summed E-state index contributed by atoms with van der Waals surface area (Å²) in [7, 11) is 0. The highest BCUT2D eigenvalue weighted by molar-refractivity contribution is 5.75. The minimum absolute atomic E-state index is 0.174. The minimum Gasteiger partial charge on any atom is -0.381 e. The molecule has 3 aliphatic rings. The van der Waals surface area contributed by atoms with Crippen LogP contribution >= 0.6 is 0 Å². The van der Waals surface area contributed by atoms with Crippen LogP contribution in [0.4, 0.5) is 11.5 Å². The Morgan fingerprint density at radius 3 is 2.70 bits per heavy atom. The van der Waals surface area contributed by atoms with Crippen LogP contribution in [0.2, 0.25) is 0 Å². The maximum absolute atomic E-state index is 12.5. The second-order valence-corrected chi connectivity index (χ2v) is 9.28. The smallest absolute Gasteiger partial charge is 0.269 e. The molecule has 0 aromatic carbocycles. The molecule has 2 bridgehead atoms. The van der Waals surface area contributed by atoms with E-state index in [1.54, 1.807) is 12.4 Å². The van der Waals surface area contributed by atoms with Crippen LogP contribution in [0.1, 0.15) is 39.2 Å². The molecule has 1 amide bonds. The van der Waals surface area contributed by atoms with Crippen molar-refractivity contribution in [1.82, 2.24) is 20.1 Å². The number of aromatic nitrogens is 3. The van der Waals surface area contributed by atoms with Crippen molar-refractivity contribution >= 4 is 17.4 Å². The summed E-state index contributed by atoms with van der Waals surface area (Å²) in [5.41, 5.74) is 7.66. The van der Waals surface area contributed by atoms with Gasteiger partial charge in [0.2, 0.25) is 5.91 Å². The highest BCUT2D eigenvalue weighted by Crippen LogP contribution is 2.61. The van der Waals surface area contributed by atoms with E-state index in [0.29, 0.717) is 35.4 Å². The van der Waals surface area contributed by atoms with E-state index in [9.17, 15) is 9.59 Å². The lowest BCUT2D eigenvalue weighted by molar-refractivity contribution is -0.122. The molecule has 3 fully saturated rings. The molecule has 160 valence electrons. The van der Waals surface area contributed by atoms with Crippen LogP contribution in [0, 0.1) is 23.2 Å². The molecule has 5 rings (SSSR count). The van der Waals surface area contributed by atoms with Gasteiger partial charge in [-0.3, -0.25) is 14.6 Å². The number of anilines is 2. The average molecular weight is 411 g/mol. The summed E-state index contributed by atoms with van der Waals surface area (Å²) in [5, 5.41) is 10.4. The number of nitrogens with one attached hydrogen (secondary N) is 2. The molecule has 0 unspecified atom stereocenters. The molecule has 2 heterocycles. The minimum atomic E-state index is -0.347. The summed E-state index contributed by atoms with van der Waals surface area (Å²) in [5.74, 6) is 1.83. The molecule has 8 heteroatoms. The van der Waals surface area contributed by atoms with E-state index in [2.05, 4.69) is 41.5 Å². The van der Waals surface area contributed by atoms with Gasteiger partial charge < -0.3 is 16.4 Å². The second-order valence-electron chi connectivity index (χ2n) is 9.28. The van der Waals surface area contributed by atoms with E-state index in [-0.39, 0.29) is 29.9 Å². The van der Waals surface area contributed by atoms with Gasteiger partial charge in [-0.25, -0.2) is 4.68 Å². The molecular formula is C22H30N6O2. The Morgan fingerprint density at radius 1 is 1.30 bits per heavy atom. The molecule has 3 aliphatic carbocycles. The van der Waals surface area contributed by atoms with Crippen LogP contribution in [0.3, 0.4) is 0 Å². The van der Waals surface area contributed by atoms with Crippen LogP contribution in [-0.4, -0.2) is 26.7 Å². The maximum Gasteiger partial charge on any atom is 0.269 e. The normalized spacial score (nSPS) is 26.5. The van der Waals surface area contributed by atoms with Crippen molar-refractivity contribution in [3.8, 4) is 0 Å². The molecule has 4 atom stereocenters. The zero-order chi connectivity index (χ0) is 21.5. The Balaban J connectivity index is 1.39. The van der Waals surface area contributed by atoms with Gasteiger partial charge in [0.15, 0.2) is 5.82 Å². The van der Waals surface area contributed by atoms with E-state index in [1.807, 2.05) is 12.1 Å². The van der Waals surface area contributed by atoms with Crippen LogP contribution in [0.15, 0.2) is 35.4 Å². The van der Waals surface area contributed by atoms with E-state index in [1.165, 1.54) is 12.5 Å². The molecule has 4 N–H and O–H groups in total. The van der Waals surface area contributed by atoms with Crippen molar-refractivity contribution in [2.24, 2.45) is 23.2 Å². The number of amides is 1. The van der Waals surface area contributed by atoms with Crippen LogP contribution in [0.25, 0.3) is 0 Å². The summed E-state index contributed by atoms with van der Waals surface area (Å²) >= 11 is 0. The number of carbonyl (C=O) groups excluding carboxylic acids is 1. The zero-order valence-corrected chi connectivity index (χ0v) is 17.8. The first kappa shape index (κ1) is 20.4. The molecule has 30 heavy (non-hydrogen) atoms. The Labute approximate surface area is 176 Å². The number of nitrogens with two attached hydrogens (primary N) is 1. The van der Waals surface area contributed by atoms with Gasteiger partial charge in [0, 0.05) is 31.0 Å². The number of nitrogen functional groups attached to an aromatic ring is 1. The third-order valence-electron chi connectivity index (χ3n) is 7.25. The number of rotatable bonds is 6. The second kappa shape index (κ2) is 7.74. The van der Waals surface area contributed by atoms with Crippen molar-refractivity contribution < 1.29 is 4.79 Å². The van der Waals surface area contributed by atoms with Crippen molar-refractivity contribution in [3.05, 3.63) is 46.5 Å². The van der Waals surface area contributed by atoms with Crippen LogP contribution in [-0.2, 0) is 17.9 Å². The van der Waals surface area contributed by atoms with Crippen molar-refractivity contribution in [1.29, 1.82) is 0 Å². The molecule has 0 aliphatic heterocycles. The third-order valence-corrected chi connectivity index (χ3v) is 7.25. The third kappa shape index (κ3) is 3.78. The van der Waals surface area contributed by atoms with Crippen LogP contribution < -0.4 is 21.9 Å². The van der Waals surface area contributed by atoms with E-state index < -0.39 is 0 Å². The molecule has 2 aromatic rings. The van der Waals surface area contributed by atoms with Gasteiger partial charge in [0.05, 0.1) is 5.69 Å². The molecule has 0 saturated heterocycles. The molecule has 0 spiro atoms. The Bertz CT molecular complexity index is 987. The molecule has 0 radical (unpaired) electrons.